The van der Waals surface area contributed by atoms with Crippen LogP contribution in [0.2, 0.25) is 0 Å². The van der Waals surface area contributed by atoms with Gasteiger partial charge in [0.2, 0.25) is 5.91 Å². The van der Waals surface area contributed by atoms with E-state index in [4.69, 9.17) is 0 Å². The van der Waals surface area contributed by atoms with Gasteiger partial charge in [-0.1, -0.05) is 142 Å². The van der Waals surface area contributed by atoms with Crippen LogP contribution >= 0.6 is 0 Å². The van der Waals surface area contributed by atoms with Gasteiger partial charge in [-0.3, -0.25) is 4.79 Å². The molecule has 1 amide bonds. The van der Waals surface area contributed by atoms with Gasteiger partial charge in [-0.2, -0.15) is 0 Å². The fourth-order valence-corrected chi connectivity index (χ4v) is 4.06. The maximum atomic E-state index is 11.8. The Kier molecular flexibility index (Phi) is 25.0. The van der Waals surface area contributed by atoms with Gasteiger partial charge in [0, 0.05) is 13.0 Å². The Labute approximate surface area is 184 Å². The average molecular weight is 410 g/mol. The average Bonchev–Trinajstić information content (AvgIpc) is 2.73. The van der Waals surface area contributed by atoms with Crippen LogP contribution in [-0.4, -0.2) is 12.5 Å². The van der Waals surface area contributed by atoms with E-state index in [1.54, 1.807) is 0 Å². The molecule has 0 saturated heterocycles. The minimum absolute atomic E-state index is 0.265. The second kappa shape index (κ2) is 25.5. The zero-order valence-electron chi connectivity index (χ0n) is 20.4. The Morgan fingerprint density at radius 2 is 0.759 bits per heavy atom. The molecule has 0 radical (unpaired) electrons. The van der Waals surface area contributed by atoms with Gasteiger partial charge in [0.25, 0.3) is 0 Å². The van der Waals surface area contributed by atoms with Gasteiger partial charge < -0.3 is 5.32 Å². The lowest BCUT2D eigenvalue weighted by Gasteiger charge is -2.06. The molecule has 174 valence electrons. The predicted octanol–water partition coefficient (Wildman–Crippen LogP) is 9.11. The van der Waals surface area contributed by atoms with Crippen molar-refractivity contribution in [2.75, 3.05) is 6.54 Å². The van der Waals surface area contributed by atoms with Gasteiger partial charge in [0.1, 0.15) is 0 Å². The van der Waals surface area contributed by atoms with Gasteiger partial charge in [-0.25, -0.2) is 0 Å². The van der Waals surface area contributed by atoms with Crippen LogP contribution in [0.4, 0.5) is 0 Å². The van der Waals surface area contributed by atoms with Crippen LogP contribution in [-0.2, 0) is 4.79 Å². The third kappa shape index (κ3) is 25.4. The van der Waals surface area contributed by atoms with E-state index < -0.39 is 0 Å². The van der Waals surface area contributed by atoms with Gasteiger partial charge in [-0.15, -0.1) is 0 Å². The molecule has 0 bridgehead atoms. The van der Waals surface area contributed by atoms with Crippen molar-refractivity contribution in [3.63, 3.8) is 0 Å². The SMILES string of the molecule is CCCCCCCCCCCCCCCCCCNC(=O)CCCCCCCC. The van der Waals surface area contributed by atoms with E-state index in [1.165, 1.54) is 128 Å². The number of hydrogen-bond donors (Lipinski definition) is 1. The van der Waals surface area contributed by atoms with Crippen LogP contribution in [0.3, 0.4) is 0 Å². The number of unbranched alkanes of at least 4 members (excludes halogenated alkanes) is 20. The van der Waals surface area contributed by atoms with E-state index in [1.807, 2.05) is 0 Å². The second-order valence-electron chi connectivity index (χ2n) is 9.17. The molecule has 0 heterocycles. The highest BCUT2D eigenvalue weighted by Gasteiger charge is 2.00. The summed E-state index contributed by atoms with van der Waals surface area (Å²) in [7, 11) is 0. The lowest BCUT2D eigenvalue weighted by molar-refractivity contribution is -0.121. The molecule has 0 atom stereocenters. The first-order valence-electron chi connectivity index (χ1n) is 13.6. The van der Waals surface area contributed by atoms with Crippen molar-refractivity contribution in [2.45, 2.75) is 162 Å². The van der Waals surface area contributed by atoms with Crippen molar-refractivity contribution in [3.05, 3.63) is 0 Å². The summed E-state index contributed by atoms with van der Waals surface area (Å²) in [5, 5.41) is 3.10. The summed E-state index contributed by atoms with van der Waals surface area (Å²) in [5.41, 5.74) is 0. The van der Waals surface area contributed by atoms with Crippen molar-refractivity contribution in [3.8, 4) is 0 Å². The zero-order valence-corrected chi connectivity index (χ0v) is 20.4. The third-order valence-corrected chi connectivity index (χ3v) is 6.11. The summed E-state index contributed by atoms with van der Waals surface area (Å²) < 4.78 is 0. The Morgan fingerprint density at radius 1 is 0.448 bits per heavy atom. The van der Waals surface area contributed by atoms with E-state index in [0.29, 0.717) is 0 Å². The number of amides is 1. The summed E-state index contributed by atoms with van der Waals surface area (Å²) in [6.07, 6.45) is 30.6. The standard InChI is InChI=1S/C27H55NO/c1-3-5-7-9-11-12-13-14-15-16-17-18-19-20-22-24-26-28-27(29)25-23-21-10-8-6-4-2/h3-26H2,1-2H3,(H,28,29). The molecule has 0 aliphatic heterocycles. The molecular formula is C27H55NO. The van der Waals surface area contributed by atoms with Gasteiger partial charge in [0.05, 0.1) is 0 Å². The largest absolute Gasteiger partial charge is 0.356 e. The van der Waals surface area contributed by atoms with Gasteiger partial charge >= 0.3 is 0 Å². The molecule has 0 aliphatic rings. The van der Waals surface area contributed by atoms with Gasteiger partial charge in [0.15, 0.2) is 0 Å². The van der Waals surface area contributed by atoms with E-state index >= 15 is 0 Å². The summed E-state index contributed by atoms with van der Waals surface area (Å²) >= 11 is 0. The maximum Gasteiger partial charge on any atom is 0.219 e. The summed E-state index contributed by atoms with van der Waals surface area (Å²) in [4.78, 5) is 11.8. The van der Waals surface area contributed by atoms with E-state index in [-0.39, 0.29) is 5.91 Å². The molecule has 0 unspecified atom stereocenters. The Balaban J connectivity index is 3.10. The Hall–Kier alpha value is -0.530. The normalized spacial score (nSPS) is 11.1. The molecule has 0 fully saturated rings. The lowest BCUT2D eigenvalue weighted by Crippen LogP contribution is -2.23. The predicted molar refractivity (Wildman–Crippen MR) is 131 cm³/mol. The van der Waals surface area contributed by atoms with Crippen LogP contribution in [0.25, 0.3) is 0 Å². The Morgan fingerprint density at radius 3 is 1.14 bits per heavy atom. The molecule has 29 heavy (non-hydrogen) atoms. The maximum absolute atomic E-state index is 11.8. The van der Waals surface area contributed by atoms with E-state index in [9.17, 15) is 4.79 Å². The monoisotopic (exact) mass is 409 g/mol. The second-order valence-corrected chi connectivity index (χ2v) is 9.17. The molecule has 0 saturated carbocycles. The van der Waals surface area contributed by atoms with Crippen molar-refractivity contribution in [1.29, 1.82) is 0 Å². The van der Waals surface area contributed by atoms with Crippen LogP contribution < -0.4 is 5.32 Å². The topological polar surface area (TPSA) is 29.1 Å². The highest BCUT2D eigenvalue weighted by Crippen LogP contribution is 2.13. The molecule has 1 N–H and O–H groups in total. The quantitative estimate of drug-likeness (QED) is 0.158. The number of rotatable bonds is 24. The summed E-state index contributed by atoms with van der Waals surface area (Å²) in [6, 6.07) is 0. The van der Waals surface area contributed by atoms with Crippen molar-refractivity contribution in [1.82, 2.24) is 5.32 Å². The molecule has 0 aromatic heterocycles. The Bertz CT molecular complexity index is 316. The van der Waals surface area contributed by atoms with Crippen LogP contribution in [0.5, 0.6) is 0 Å². The first-order chi connectivity index (χ1) is 14.3. The summed E-state index contributed by atoms with van der Waals surface area (Å²) in [6.45, 7) is 5.41. The fourth-order valence-electron chi connectivity index (χ4n) is 4.06. The molecule has 0 spiro atoms. The molecule has 2 heteroatoms. The molecule has 0 aliphatic carbocycles. The van der Waals surface area contributed by atoms with E-state index in [0.717, 1.165) is 25.8 Å². The molecule has 2 nitrogen and oxygen atoms in total. The van der Waals surface area contributed by atoms with Crippen molar-refractivity contribution >= 4 is 5.91 Å². The highest BCUT2D eigenvalue weighted by molar-refractivity contribution is 5.75. The fraction of sp³-hybridized carbons (Fsp3) is 0.963. The third-order valence-electron chi connectivity index (χ3n) is 6.11. The van der Waals surface area contributed by atoms with E-state index in [2.05, 4.69) is 19.2 Å². The zero-order chi connectivity index (χ0) is 21.3. The smallest absolute Gasteiger partial charge is 0.219 e. The molecular weight excluding hydrogens is 354 g/mol. The van der Waals surface area contributed by atoms with Crippen LogP contribution in [0, 0.1) is 0 Å². The van der Waals surface area contributed by atoms with Crippen LogP contribution in [0.15, 0.2) is 0 Å². The first kappa shape index (κ1) is 28.5. The molecule has 0 rings (SSSR count). The van der Waals surface area contributed by atoms with Gasteiger partial charge in [-0.05, 0) is 12.8 Å². The lowest BCUT2D eigenvalue weighted by atomic mass is 10.0. The number of carbonyl (C=O) groups excluding carboxylic acids is 1. The first-order valence-corrected chi connectivity index (χ1v) is 13.6. The summed E-state index contributed by atoms with van der Waals surface area (Å²) in [5.74, 6) is 0.265. The van der Waals surface area contributed by atoms with Crippen LogP contribution in [0.1, 0.15) is 162 Å². The molecule has 0 aromatic carbocycles. The minimum atomic E-state index is 0.265. The van der Waals surface area contributed by atoms with Crippen molar-refractivity contribution < 1.29 is 4.79 Å². The minimum Gasteiger partial charge on any atom is -0.356 e. The number of nitrogens with one attached hydrogen (secondary N) is 1. The molecule has 0 aromatic rings. The number of hydrogen-bond acceptors (Lipinski definition) is 1. The van der Waals surface area contributed by atoms with Crippen molar-refractivity contribution in [2.24, 2.45) is 0 Å². The highest BCUT2D eigenvalue weighted by atomic mass is 16.1. The number of carbonyl (C=O) groups is 1.